The number of fused-ring (bicyclic) bond motifs is 1. The van der Waals surface area contributed by atoms with Crippen LogP contribution in [0.25, 0.3) is 11.0 Å². The van der Waals surface area contributed by atoms with Gasteiger partial charge in [0.15, 0.2) is 5.76 Å². The van der Waals surface area contributed by atoms with Gasteiger partial charge in [-0.3, -0.25) is 4.79 Å². The lowest BCUT2D eigenvalue weighted by molar-refractivity contribution is 0.0998. The summed E-state index contributed by atoms with van der Waals surface area (Å²) in [6.45, 7) is 2.02. The maximum atomic E-state index is 12.3. The number of hydrogen-bond donors (Lipinski definition) is 1. The Morgan fingerprint density at radius 3 is 2.62 bits per heavy atom. The fraction of sp³-hybridized carbons (Fsp3) is 0.118. The highest BCUT2D eigenvalue weighted by Crippen LogP contribution is 2.29. The smallest absolute Gasteiger partial charge is 0.291 e. The quantitative estimate of drug-likeness (QED) is 0.669. The zero-order chi connectivity index (χ0) is 14.8. The number of halogens is 1. The first kappa shape index (κ1) is 13.9. The molecule has 106 valence electrons. The fourth-order valence-corrected chi connectivity index (χ4v) is 2.63. The number of anilines is 1. The minimum absolute atomic E-state index is 0.157. The van der Waals surface area contributed by atoms with Crippen LogP contribution < -0.4 is 5.32 Å². The number of rotatable bonds is 3. The lowest BCUT2D eigenvalue weighted by atomic mass is 10.1. The van der Waals surface area contributed by atoms with Crippen molar-refractivity contribution in [2.24, 2.45) is 0 Å². The van der Waals surface area contributed by atoms with Crippen LogP contribution in [0.2, 0.25) is 0 Å². The van der Waals surface area contributed by atoms with Gasteiger partial charge < -0.3 is 9.73 Å². The topological polar surface area (TPSA) is 42.2 Å². The summed E-state index contributed by atoms with van der Waals surface area (Å²) in [6.07, 6.45) is 0. The van der Waals surface area contributed by atoms with Gasteiger partial charge in [0.05, 0.1) is 0 Å². The fourth-order valence-electron chi connectivity index (χ4n) is 2.24. The molecular weight excluding hydrogens is 330 g/mol. The molecular formula is C17H14BrNO2. The highest BCUT2D eigenvalue weighted by Gasteiger charge is 2.15. The van der Waals surface area contributed by atoms with Crippen molar-refractivity contribution in [1.29, 1.82) is 0 Å². The average molecular weight is 344 g/mol. The molecule has 1 unspecified atom stereocenters. The maximum absolute atomic E-state index is 12.3. The minimum Gasteiger partial charge on any atom is -0.451 e. The van der Waals surface area contributed by atoms with E-state index in [0.29, 0.717) is 11.3 Å². The summed E-state index contributed by atoms with van der Waals surface area (Å²) >= 11 is 3.53. The molecule has 0 fully saturated rings. The van der Waals surface area contributed by atoms with Crippen molar-refractivity contribution in [3.05, 3.63) is 65.9 Å². The van der Waals surface area contributed by atoms with E-state index in [1.807, 2.05) is 55.5 Å². The summed E-state index contributed by atoms with van der Waals surface area (Å²) in [7, 11) is 0. The van der Waals surface area contributed by atoms with Crippen molar-refractivity contribution in [3.8, 4) is 0 Å². The molecule has 3 aromatic rings. The molecule has 0 saturated heterocycles. The zero-order valence-corrected chi connectivity index (χ0v) is 13.1. The molecule has 0 radical (unpaired) electrons. The Balaban J connectivity index is 1.89. The summed E-state index contributed by atoms with van der Waals surface area (Å²) in [4.78, 5) is 12.5. The van der Waals surface area contributed by atoms with Crippen LogP contribution >= 0.6 is 15.9 Å². The number of nitrogens with one attached hydrogen (secondary N) is 1. The van der Waals surface area contributed by atoms with Gasteiger partial charge in [0, 0.05) is 15.9 Å². The molecule has 2 aromatic carbocycles. The highest BCUT2D eigenvalue weighted by atomic mass is 79.9. The molecule has 0 aliphatic heterocycles. The van der Waals surface area contributed by atoms with Crippen molar-refractivity contribution in [2.75, 3.05) is 5.32 Å². The van der Waals surface area contributed by atoms with Gasteiger partial charge in [-0.2, -0.15) is 0 Å². The van der Waals surface area contributed by atoms with Crippen molar-refractivity contribution >= 4 is 38.5 Å². The number of para-hydroxylation sites is 2. The molecule has 3 nitrogen and oxygen atoms in total. The monoisotopic (exact) mass is 343 g/mol. The first-order chi connectivity index (χ1) is 10.1. The Labute approximate surface area is 131 Å². The SMILES string of the molecule is CC(Br)c1ccccc1NC(=O)c1cc2ccccc2o1. The largest absolute Gasteiger partial charge is 0.451 e. The van der Waals surface area contributed by atoms with Gasteiger partial charge in [-0.15, -0.1) is 0 Å². The molecule has 4 heteroatoms. The third-order valence-corrected chi connectivity index (χ3v) is 3.78. The predicted octanol–water partition coefficient (Wildman–Crippen LogP) is 5.14. The normalized spacial score (nSPS) is 12.3. The van der Waals surface area contributed by atoms with Crippen LogP contribution in [-0.4, -0.2) is 5.91 Å². The molecule has 21 heavy (non-hydrogen) atoms. The van der Waals surface area contributed by atoms with E-state index in [2.05, 4.69) is 21.2 Å². The van der Waals surface area contributed by atoms with Gasteiger partial charge in [0.25, 0.3) is 5.91 Å². The highest BCUT2D eigenvalue weighted by molar-refractivity contribution is 9.09. The first-order valence-electron chi connectivity index (χ1n) is 6.68. The summed E-state index contributed by atoms with van der Waals surface area (Å²) in [6, 6.07) is 17.0. The third-order valence-electron chi connectivity index (χ3n) is 3.29. The summed E-state index contributed by atoms with van der Waals surface area (Å²) < 4.78 is 5.58. The Hall–Kier alpha value is -2.07. The average Bonchev–Trinajstić information content (AvgIpc) is 2.91. The van der Waals surface area contributed by atoms with Gasteiger partial charge in [-0.05, 0) is 30.7 Å². The van der Waals surface area contributed by atoms with E-state index in [1.54, 1.807) is 6.07 Å². The molecule has 3 rings (SSSR count). The van der Waals surface area contributed by atoms with Gasteiger partial charge in [-0.25, -0.2) is 0 Å². The van der Waals surface area contributed by atoms with Crippen LogP contribution in [0.5, 0.6) is 0 Å². The van der Waals surface area contributed by atoms with Crippen molar-refractivity contribution in [1.82, 2.24) is 0 Å². The molecule has 0 aliphatic carbocycles. The first-order valence-corrected chi connectivity index (χ1v) is 7.59. The second-order valence-electron chi connectivity index (χ2n) is 4.81. The number of alkyl halides is 1. The molecule has 0 bridgehead atoms. The zero-order valence-electron chi connectivity index (χ0n) is 11.5. The van der Waals surface area contributed by atoms with Crippen LogP contribution in [0.15, 0.2) is 59.0 Å². The van der Waals surface area contributed by atoms with E-state index in [-0.39, 0.29) is 10.7 Å². The van der Waals surface area contributed by atoms with Gasteiger partial charge in [-0.1, -0.05) is 52.3 Å². The molecule has 1 amide bonds. The van der Waals surface area contributed by atoms with Crippen LogP contribution in [0.3, 0.4) is 0 Å². The summed E-state index contributed by atoms with van der Waals surface area (Å²) in [5.41, 5.74) is 2.53. The summed E-state index contributed by atoms with van der Waals surface area (Å²) in [5, 5.41) is 3.83. The standard InChI is InChI=1S/C17H14BrNO2/c1-11(18)13-7-3-4-8-14(13)19-17(20)16-10-12-6-2-5-9-15(12)21-16/h2-11H,1H3,(H,19,20). The van der Waals surface area contributed by atoms with Crippen molar-refractivity contribution < 1.29 is 9.21 Å². The van der Waals surface area contributed by atoms with E-state index in [9.17, 15) is 4.79 Å². The Morgan fingerprint density at radius 2 is 1.86 bits per heavy atom. The van der Waals surface area contributed by atoms with E-state index < -0.39 is 0 Å². The second kappa shape index (κ2) is 5.74. The van der Waals surface area contributed by atoms with Gasteiger partial charge in [0.2, 0.25) is 0 Å². The number of carbonyl (C=O) groups excluding carboxylic acids is 1. The summed E-state index contributed by atoms with van der Waals surface area (Å²) in [5.74, 6) is 0.0695. The van der Waals surface area contributed by atoms with E-state index in [0.717, 1.165) is 16.6 Å². The van der Waals surface area contributed by atoms with Crippen LogP contribution in [0.4, 0.5) is 5.69 Å². The molecule has 0 saturated carbocycles. The number of furan rings is 1. The molecule has 1 aromatic heterocycles. The molecule has 1 N–H and O–H groups in total. The van der Waals surface area contributed by atoms with Crippen LogP contribution in [-0.2, 0) is 0 Å². The van der Waals surface area contributed by atoms with Crippen LogP contribution in [0, 0.1) is 0 Å². The van der Waals surface area contributed by atoms with Gasteiger partial charge >= 0.3 is 0 Å². The number of benzene rings is 2. The molecule has 0 aliphatic rings. The van der Waals surface area contributed by atoms with Crippen molar-refractivity contribution in [2.45, 2.75) is 11.8 Å². The lowest BCUT2D eigenvalue weighted by Gasteiger charge is -2.11. The second-order valence-corrected chi connectivity index (χ2v) is 6.18. The predicted molar refractivity (Wildman–Crippen MR) is 88.0 cm³/mol. The Morgan fingerprint density at radius 1 is 1.14 bits per heavy atom. The number of amides is 1. The van der Waals surface area contributed by atoms with Gasteiger partial charge in [0.1, 0.15) is 5.58 Å². The third kappa shape index (κ3) is 2.85. The Bertz CT molecular complexity index is 759. The van der Waals surface area contributed by atoms with E-state index in [1.165, 1.54) is 0 Å². The maximum Gasteiger partial charge on any atom is 0.291 e. The van der Waals surface area contributed by atoms with Crippen LogP contribution in [0.1, 0.15) is 27.9 Å². The lowest BCUT2D eigenvalue weighted by Crippen LogP contribution is -2.12. The van der Waals surface area contributed by atoms with E-state index >= 15 is 0 Å². The molecule has 1 atom stereocenters. The van der Waals surface area contributed by atoms with Crippen molar-refractivity contribution in [3.63, 3.8) is 0 Å². The molecule has 1 heterocycles. The van der Waals surface area contributed by atoms with E-state index in [4.69, 9.17) is 4.42 Å². The Kier molecular flexibility index (Phi) is 3.80. The molecule has 0 spiro atoms. The number of hydrogen-bond acceptors (Lipinski definition) is 2. The minimum atomic E-state index is -0.244. The number of carbonyl (C=O) groups is 1.